The number of amides is 1. The minimum Gasteiger partial charge on any atom is -0.497 e. The maximum atomic E-state index is 12.4. The molecule has 0 fully saturated rings. The highest BCUT2D eigenvalue weighted by atomic mass is 16.5. The van der Waals surface area contributed by atoms with Gasteiger partial charge in [-0.15, -0.1) is 0 Å². The number of aromatic nitrogens is 3. The summed E-state index contributed by atoms with van der Waals surface area (Å²) in [6, 6.07) is 12.3. The molecule has 0 spiro atoms. The van der Waals surface area contributed by atoms with Gasteiger partial charge >= 0.3 is 5.97 Å². The van der Waals surface area contributed by atoms with Gasteiger partial charge in [0.25, 0.3) is 5.91 Å². The fourth-order valence-electron chi connectivity index (χ4n) is 2.67. The molecule has 0 aliphatic carbocycles. The first-order valence-corrected chi connectivity index (χ1v) is 8.71. The number of benzene rings is 1. The van der Waals surface area contributed by atoms with E-state index in [0.717, 1.165) is 0 Å². The van der Waals surface area contributed by atoms with E-state index in [2.05, 4.69) is 15.4 Å². The summed E-state index contributed by atoms with van der Waals surface area (Å²) in [4.78, 5) is 28.7. The molecule has 0 saturated carbocycles. The predicted molar refractivity (Wildman–Crippen MR) is 103 cm³/mol. The lowest BCUT2D eigenvalue weighted by Gasteiger charge is -2.09. The molecule has 8 heteroatoms. The number of ether oxygens (including phenoxy) is 2. The molecule has 0 saturated heterocycles. The van der Waals surface area contributed by atoms with Crippen LogP contribution < -0.4 is 10.1 Å². The molecule has 144 valence electrons. The maximum absolute atomic E-state index is 12.4. The third kappa shape index (κ3) is 4.35. The molecule has 1 aromatic carbocycles. The molecule has 0 unspecified atom stereocenters. The van der Waals surface area contributed by atoms with Crippen molar-refractivity contribution in [3.8, 4) is 11.6 Å². The zero-order valence-electron chi connectivity index (χ0n) is 15.6. The number of hydrogen-bond acceptors (Lipinski definition) is 6. The number of nitrogens with one attached hydrogen (secondary N) is 1. The van der Waals surface area contributed by atoms with E-state index in [1.54, 1.807) is 54.4 Å². The highest BCUT2D eigenvalue weighted by Crippen LogP contribution is 2.17. The largest absolute Gasteiger partial charge is 0.497 e. The van der Waals surface area contributed by atoms with Crippen molar-refractivity contribution in [2.45, 2.75) is 13.3 Å². The maximum Gasteiger partial charge on any atom is 0.342 e. The van der Waals surface area contributed by atoms with Crippen LogP contribution in [0.2, 0.25) is 0 Å². The monoisotopic (exact) mass is 380 g/mol. The van der Waals surface area contributed by atoms with Gasteiger partial charge in [-0.25, -0.2) is 14.5 Å². The summed E-state index contributed by atoms with van der Waals surface area (Å²) in [6.07, 6.45) is 3.63. The number of esters is 1. The van der Waals surface area contributed by atoms with Gasteiger partial charge in [0.2, 0.25) is 0 Å². The fraction of sp³-hybridized carbons (Fsp3) is 0.200. The van der Waals surface area contributed by atoms with Crippen molar-refractivity contribution in [2.24, 2.45) is 0 Å². The average Bonchev–Trinajstić information content (AvgIpc) is 3.17. The number of anilines is 1. The predicted octanol–water partition coefficient (Wildman–Crippen LogP) is 2.63. The van der Waals surface area contributed by atoms with Gasteiger partial charge in [0.05, 0.1) is 19.0 Å². The normalized spacial score (nSPS) is 10.4. The summed E-state index contributed by atoms with van der Waals surface area (Å²) >= 11 is 0. The molecule has 2 heterocycles. The number of pyridine rings is 1. The van der Waals surface area contributed by atoms with E-state index in [0.29, 0.717) is 34.9 Å². The van der Waals surface area contributed by atoms with Gasteiger partial charge in [0, 0.05) is 18.0 Å². The van der Waals surface area contributed by atoms with Gasteiger partial charge < -0.3 is 14.8 Å². The van der Waals surface area contributed by atoms with Gasteiger partial charge in [-0.3, -0.25) is 4.79 Å². The van der Waals surface area contributed by atoms with Crippen molar-refractivity contribution >= 4 is 17.6 Å². The molecule has 0 bridgehead atoms. The molecule has 8 nitrogen and oxygen atoms in total. The number of carbonyl (C=O) groups is 2. The number of nitrogens with zero attached hydrogens (tertiary/aromatic N) is 3. The Balaban J connectivity index is 1.65. The summed E-state index contributed by atoms with van der Waals surface area (Å²) < 4.78 is 11.9. The highest BCUT2D eigenvalue weighted by molar-refractivity contribution is 5.96. The van der Waals surface area contributed by atoms with E-state index >= 15 is 0 Å². The van der Waals surface area contributed by atoms with Crippen LogP contribution in [0.15, 0.2) is 54.9 Å². The quantitative estimate of drug-likeness (QED) is 0.633. The molecule has 0 aliphatic heterocycles. The molecule has 1 amide bonds. The van der Waals surface area contributed by atoms with E-state index < -0.39 is 18.5 Å². The van der Waals surface area contributed by atoms with Crippen molar-refractivity contribution in [3.05, 3.63) is 66.1 Å². The molecule has 0 aliphatic rings. The summed E-state index contributed by atoms with van der Waals surface area (Å²) in [5.74, 6) is 0.162. The summed E-state index contributed by atoms with van der Waals surface area (Å²) in [5.41, 5.74) is 1.52. The van der Waals surface area contributed by atoms with Crippen molar-refractivity contribution < 1.29 is 19.1 Å². The summed E-state index contributed by atoms with van der Waals surface area (Å²) in [5, 5.41) is 6.89. The number of methoxy groups -OCH3 is 1. The van der Waals surface area contributed by atoms with Crippen LogP contribution in [0.4, 0.5) is 5.69 Å². The first-order valence-electron chi connectivity index (χ1n) is 8.71. The standard InChI is InChI=1S/C20H20N4O4/c1-3-17-16(12-22-24(17)18-9-4-5-10-21-18)20(26)28-13-19(25)23-14-7-6-8-15(11-14)27-2/h4-12H,3,13H2,1-2H3,(H,23,25). The van der Waals surface area contributed by atoms with E-state index in [1.165, 1.54) is 6.20 Å². The second-order valence-electron chi connectivity index (χ2n) is 5.81. The van der Waals surface area contributed by atoms with Crippen molar-refractivity contribution in [1.29, 1.82) is 0 Å². The van der Waals surface area contributed by atoms with Crippen LogP contribution in [-0.2, 0) is 16.0 Å². The third-order valence-electron chi connectivity index (χ3n) is 3.98. The van der Waals surface area contributed by atoms with E-state index in [9.17, 15) is 9.59 Å². The summed E-state index contributed by atoms with van der Waals surface area (Å²) in [7, 11) is 1.54. The lowest BCUT2D eigenvalue weighted by atomic mass is 10.2. The van der Waals surface area contributed by atoms with E-state index in [1.807, 2.05) is 13.0 Å². The zero-order chi connectivity index (χ0) is 19.9. The lowest BCUT2D eigenvalue weighted by Crippen LogP contribution is -2.21. The Morgan fingerprint density at radius 2 is 2.04 bits per heavy atom. The van der Waals surface area contributed by atoms with Crippen molar-refractivity contribution in [3.63, 3.8) is 0 Å². The lowest BCUT2D eigenvalue weighted by molar-refractivity contribution is -0.119. The van der Waals surface area contributed by atoms with Crippen LogP contribution in [0.1, 0.15) is 23.0 Å². The van der Waals surface area contributed by atoms with Crippen LogP contribution >= 0.6 is 0 Å². The molecule has 0 atom stereocenters. The third-order valence-corrected chi connectivity index (χ3v) is 3.98. The Bertz CT molecular complexity index is 969. The molecule has 0 radical (unpaired) electrons. The van der Waals surface area contributed by atoms with Crippen LogP contribution in [0.5, 0.6) is 5.75 Å². The Kier molecular flexibility index (Phi) is 6.01. The van der Waals surface area contributed by atoms with Crippen molar-refractivity contribution in [1.82, 2.24) is 14.8 Å². The molecular formula is C20H20N4O4. The Labute approximate surface area is 162 Å². The van der Waals surface area contributed by atoms with Gasteiger partial charge in [0.15, 0.2) is 12.4 Å². The molecule has 28 heavy (non-hydrogen) atoms. The topological polar surface area (TPSA) is 95.3 Å². The SMILES string of the molecule is CCc1c(C(=O)OCC(=O)Nc2cccc(OC)c2)cnn1-c1ccccn1. The average molecular weight is 380 g/mol. The van der Waals surface area contributed by atoms with Crippen molar-refractivity contribution in [2.75, 3.05) is 19.0 Å². The minimum absolute atomic E-state index is 0.308. The summed E-state index contributed by atoms with van der Waals surface area (Å²) in [6.45, 7) is 1.50. The zero-order valence-corrected chi connectivity index (χ0v) is 15.6. The molecular weight excluding hydrogens is 360 g/mol. The second-order valence-corrected chi connectivity index (χ2v) is 5.81. The smallest absolute Gasteiger partial charge is 0.342 e. The Morgan fingerprint density at radius 1 is 1.18 bits per heavy atom. The van der Waals surface area contributed by atoms with Crippen LogP contribution in [0, 0.1) is 0 Å². The Morgan fingerprint density at radius 3 is 2.75 bits per heavy atom. The molecule has 3 rings (SSSR count). The van der Waals surface area contributed by atoms with Gasteiger partial charge in [0.1, 0.15) is 11.3 Å². The van der Waals surface area contributed by atoms with Gasteiger partial charge in [-0.05, 0) is 30.7 Å². The van der Waals surface area contributed by atoms with Crippen LogP contribution in [0.25, 0.3) is 5.82 Å². The number of hydrogen-bond donors (Lipinski definition) is 1. The number of rotatable bonds is 7. The Hall–Kier alpha value is -3.68. The highest BCUT2D eigenvalue weighted by Gasteiger charge is 2.19. The first-order chi connectivity index (χ1) is 13.6. The molecule has 1 N–H and O–H groups in total. The molecule has 2 aromatic heterocycles. The first kappa shape index (κ1) is 19.1. The van der Waals surface area contributed by atoms with E-state index in [4.69, 9.17) is 9.47 Å². The number of carbonyl (C=O) groups excluding carboxylic acids is 2. The van der Waals surface area contributed by atoms with Crippen LogP contribution in [0.3, 0.4) is 0 Å². The molecule has 3 aromatic rings. The fourth-order valence-corrected chi connectivity index (χ4v) is 2.67. The van der Waals surface area contributed by atoms with Gasteiger partial charge in [-0.2, -0.15) is 5.10 Å². The van der Waals surface area contributed by atoms with E-state index in [-0.39, 0.29) is 0 Å². The minimum atomic E-state index is -0.611. The van der Waals surface area contributed by atoms with Gasteiger partial charge in [-0.1, -0.05) is 19.1 Å². The van der Waals surface area contributed by atoms with Crippen LogP contribution in [-0.4, -0.2) is 40.4 Å². The second kappa shape index (κ2) is 8.81.